The third-order valence-electron chi connectivity index (χ3n) is 6.39. The van der Waals surface area contributed by atoms with Crippen LogP contribution in [0.5, 0.6) is 0 Å². The van der Waals surface area contributed by atoms with Gasteiger partial charge in [-0.05, 0) is 62.1 Å². The Morgan fingerprint density at radius 2 is 1.91 bits per heavy atom. The largest absolute Gasteiger partial charge is 0.420 e. The van der Waals surface area contributed by atoms with Crippen LogP contribution in [-0.4, -0.2) is 43.2 Å². The van der Waals surface area contributed by atoms with Gasteiger partial charge in [-0.3, -0.25) is 19.0 Å². The predicted molar refractivity (Wildman–Crippen MR) is 125 cm³/mol. The fourth-order valence-electron chi connectivity index (χ4n) is 4.62. The van der Waals surface area contributed by atoms with Crippen LogP contribution < -0.4 is 5.76 Å². The molecule has 0 spiro atoms. The third-order valence-corrected chi connectivity index (χ3v) is 6.39. The number of pyridine rings is 1. The molecule has 3 aromatic heterocycles. The van der Waals surface area contributed by atoms with E-state index >= 15 is 0 Å². The summed E-state index contributed by atoms with van der Waals surface area (Å²) in [5, 5.41) is 4.28. The van der Waals surface area contributed by atoms with Crippen molar-refractivity contribution in [3.05, 3.63) is 70.2 Å². The molecule has 0 unspecified atom stereocenters. The Labute approximate surface area is 191 Å². The molecule has 0 bridgehead atoms. The molecule has 1 aliphatic rings. The fourth-order valence-corrected chi connectivity index (χ4v) is 4.62. The zero-order chi connectivity index (χ0) is 23.1. The van der Waals surface area contributed by atoms with Gasteiger partial charge in [0.1, 0.15) is 6.54 Å². The van der Waals surface area contributed by atoms with Crippen LogP contribution in [0, 0.1) is 13.8 Å². The summed E-state index contributed by atoms with van der Waals surface area (Å²) in [6, 6.07) is 9.76. The Morgan fingerprint density at radius 3 is 2.64 bits per heavy atom. The van der Waals surface area contributed by atoms with E-state index in [4.69, 9.17) is 9.40 Å². The second-order valence-electron chi connectivity index (χ2n) is 8.91. The van der Waals surface area contributed by atoms with E-state index in [1.165, 1.54) is 4.57 Å². The van der Waals surface area contributed by atoms with Crippen molar-refractivity contribution < 1.29 is 9.21 Å². The fraction of sp³-hybridized carbons (Fsp3) is 0.360. The summed E-state index contributed by atoms with van der Waals surface area (Å²) in [4.78, 5) is 31.9. The van der Waals surface area contributed by atoms with E-state index in [0.29, 0.717) is 30.1 Å². The summed E-state index contributed by atoms with van der Waals surface area (Å²) in [6.07, 6.45) is 5.55. The smallest absolute Gasteiger partial charge is 0.408 e. The van der Waals surface area contributed by atoms with E-state index in [0.717, 1.165) is 40.9 Å². The van der Waals surface area contributed by atoms with Crippen LogP contribution in [0.2, 0.25) is 0 Å². The van der Waals surface area contributed by atoms with Gasteiger partial charge in [0.05, 0.1) is 11.7 Å². The molecule has 0 saturated carbocycles. The van der Waals surface area contributed by atoms with Crippen LogP contribution in [-0.2, 0) is 18.4 Å². The Bertz CT molecular complexity index is 1390. The molecule has 33 heavy (non-hydrogen) atoms. The van der Waals surface area contributed by atoms with Crippen LogP contribution in [0.25, 0.3) is 22.2 Å². The van der Waals surface area contributed by atoms with E-state index in [9.17, 15) is 9.59 Å². The second-order valence-corrected chi connectivity index (χ2v) is 8.91. The number of carbonyl (C=O) groups is 1. The molecule has 1 amide bonds. The van der Waals surface area contributed by atoms with Crippen LogP contribution in [0.1, 0.15) is 35.7 Å². The summed E-state index contributed by atoms with van der Waals surface area (Å²) < 4.78 is 8.53. The summed E-state index contributed by atoms with van der Waals surface area (Å²) in [7, 11) is 1.91. The average Bonchev–Trinajstić information content (AvgIpc) is 3.36. The normalized spacial score (nSPS) is 14.8. The van der Waals surface area contributed by atoms with Gasteiger partial charge in [0, 0.05) is 49.2 Å². The van der Waals surface area contributed by atoms with Crippen LogP contribution in [0.4, 0.5) is 0 Å². The number of fused-ring (bicyclic) bond motifs is 1. The number of piperidine rings is 1. The maximum atomic E-state index is 13.0. The van der Waals surface area contributed by atoms with Crippen LogP contribution in [0.15, 0.2) is 51.9 Å². The van der Waals surface area contributed by atoms with E-state index in [1.54, 1.807) is 10.7 Å². The number of aromatic nitrogens is 4. The molecule has 170 valence electrons. The van der Waals surface area contributed by atoms with Gasteiger partial charge in [-0.25, -0.2) is 4.79 Å². The zero-order valence-electron chi connectivity index (χ0n) is 19.1. The minimum absolute atomic E-state index is 0.00615. The third kappa shape index (κ3) is 4.20. The first-order chi connectivity index (χ1) is 15.9. The molecular formula is C25H27N5O3. The molecule has 4 heterocycles. The van der Waals surface area contributed by atoms with E-state index in [-0.39, 0.29) is 12.5 Å². The lowest BCUT2D eigenvalue weighted by Gasteiger charge is -2.32. The van der Waals surface area contributed by atoms with E-state index in [1.807, 2.05) is 50.3 Å². The maximum Gasteiger partial charge on any atom is 0.420 e. The maximum absolute atomic E-state index is 13.0. The van der Waals surface area contributed by atoms with Gasteiger partial charge >= 0.3 is 5.76 Å². The van der Waals surface area contributed by atoms with Crippen molar-refractivity contribution >= 4 is 17.0 Å². The standard InChI is InChI=1S/C25H27N5O3/c1-16-4-5-23-22(10-16)30(25(32)33-23)15-24(31)29-8-6-18(7-9-29)21-12-19(11-17(2)27-21)20-13-26-28(3)14-20/h4-5,10-14,18H,6-9,15H2,1-3H3. The molecule has 4 aromatic rings. The van der Waals surface area contributed by atoms with Crippen molar-refractivity contribution in [1.29, 1.82) is 0 Å². The number of hydrogen-bond acceptors (Lipinski definition) is 5. The van der Waals surface area contributed by atoms with Crippen LogP contribution >= 0.6 is 0 Å². The first kappa shape index (κ1) is 21.2. The Balaban J connectivity index is 1.28. The molecule has 8 heteroatoms. The molecule has 0 aliphatic carbocycles. The van der Waals surface area contributed by atoms with Crippen LogP contribution in [0.3, 0.4) is 0 Å². The number of likely N-dealkylation sites (tertiary alicyclic amines) is 1. The van der Waals surface area contributed by atoms with Crippen molar-refractivity contribution in [1.82, 2.24) is 24.2 Å². The number of aryl methyl sites for hydroxylation is 3. The highest BCUT2D eigenvalue weighted by Crippen LogP contribution is 2.30. The number of carbonyl (C=O) groups excluding carboxylic acids is 1. The van der Waals surface area contributed by atoms with Crippen molar-refractivity contribution in [3.63, 3.8) is 0 Å². The molecule has 0 N–H and O–H groups in total. The zero-order valence-corrected chi connectivity index (χ0v) is 19.1. The van der Waals surface area contributed by atoms with Gasteiger partial charge < -0.3 is 9.32 Å². The lowest BCUT2D eigenvalue weighted by molar-refractivity contribution is -0.132. The summed E-state index contributed by atoms with van der Waals surface area (Å²) in [5.74, 6) is -0.261. The van der Waals surface area contributed by atoms with Gasteiger partial charge in [0.2, 0.25) is 5.91 Å². The quantitative estimate of drug-likeness (QED) is 0.481. The highest BCUT2D eigenvalue weighted by molar-refractivity contribution is 5.80. The molecule has 1 aliphatic heterocycles. The summed E-state index contributed by atoms with van der Waals surface area (Å²) in [6.45, 7) is 5.24. The topological polar surface area (TPSA) is 86.2 Å². The second kappa shape index (κ2) is 8.35. The monoisotopic (exact) mass is 445 g/mol. The van der Waals surface area contributed by atoms with Gasteiger partial charge in [-0.2, -0.15) is 5.10 Å². The molecule has 0 atom stereocenters. The first-order valence-electron chi connectivity index (χ1n) is 11.2. The van der Waals surface area contributed by atoms with Gasteiger partial charge in [0.15, 0.2) is 5.58 Å². The number of hydrogen-bond donors (Lipinski definition) is 0. The van der Waals surface area contributed by atoms with Gasteiger partial charge in [0.25, 0.3) is 0 Å². The first-order valence-corrected chi connectivity index (χ1v) is 11.2. The molecular weight excluding hydrogens is 418 g/mol. The number of oxazole rings is 1. The average molecular weight is 446 g/mol. The Morgan fingerprint density at radius 1 is 1.12 bits per heavy atom. The lowest BCUT2D eigenvalue weighted by atomic mass is 9.91. The lowest BCUT2D eigenvalue weighted by Crippen LogP contribution is -2.40. The highest BCUT2D eigenvalue weighted by atomic mass is 16.4. The van der Waals surface area contributed by atoms with Crippen molar-refractivity contribution in [2.45, 2.75) is 39.2 Å². The minimum Gasteiger partial charge on any atom is -0.408 e. The molecule has 5 rings (SSSR count). The molecule has 1 saturated heterocycles. The SMILES string of the molecule is Cc1ccc2oc(=O)n(CC(=O)N3CCC(c4cc(-c5cnn(C)c5)cc(C)n4)CC3)c2c1. The number of nitrogens with zero attached hydrogens (tertiary/aromatic N) is 5. The number of benzene rings is 1. The molecule has 0 radical (unpaired) electrons. The highest BCUT2D eigenvalue weighted by Gasteiger charge is 2.26. The van der Waals surface area contributed by atoms with Gasteiger partial charge in [-0.1, -0.05) is 6.07 Å². The number of amides is 1. The summed E-state index contributed by atoms with van der Waals surface area (Å²) >= 11 is 0. The van der Waals surface area contributed by atoms with Crippen molar-refractivity contribution in [3.8, 4) is 11.1 Å². The molecule has 8 nitrogen and oxygen atoms in total. The van der Waals surface area contributed by atoms with Gasteiger partial charge in [-0.15, -0.1) is 0 Å². The Kier molecular flexibility index (Phi) is 5.36. The van der Waals surface area contributed by atoms with Crippen molar-refractivity contribution in [2.75, 3.05) is 13.1 Å². The minimum atomic E-state index is -0.495. The Hall–Kier alpha value is -3.68. The van der Waals surface area contributed by atoms with E-state index < -0.39 is 5.76 Å². The van der Waals surface area contributed by atoms with E-state index in [2.05, 4.69) is 17.2 Å². The predicted octanol–water partition coefficient (Wildman–Crippen LogP) is 3.41. The molecule has 1 aromatic carbocycles. The number of rotatable bonds is 4. The van der Waals surface area contributed by atoms with Crippen molar-refractivity contribution in [2.24, 2.45) is 7.05 Å². The molecule has 1 fully saturated rings. The summed E-state index contributed by atoms with van der Waals surface area (Å²) in [5.41, 5.74) is 6.42.